The van der Waals surface area contributed by atoms with Gasteiger partial charge in [0.25, 0.3) is 0 Å². The van der Waals surface area contributed by atoms with Crippen LogP contribution in [0.2, 0.25) is 0 Å². The highest BCUT2D eigenvalue weighted by Gasteiger charge is 2.20. The predicted molar refractivity (Wildman–Crippen MR) is 79.0 cm³/mol. The Morgan fingerprint density at radius 2 is 1.50 bits per heavy atom. The van der Waals surface area contributed by atoms with E-state index in [2.05, 4.69) is 17.1 Å². The van der Waals surface area contributed by atoms with Gasteiger partial charge in [-0.25, -0.2) is 0 Å². The van der Waals surface area contributed by atoms with E-state index in [4.69, 9.17) is 0 Å². The zero-order valence-electron chi connectivity index (χ0n) is 12.3. The minimum Gasteiger partial charge on any atom is -0.313 e. The molecule has 0 aliphatic heterocycles. The molecule has 0 heterocycles. The van der Waals surface area contributed by atoms with Gasteiger partial charge in [0, 0.05) is 25.2 Å². The molecule has 0 radical (unpaired) electrons. The van der Waals surface area contributed by atoms with Crippen LogP contribution >= 0.6 is 0 Å². The van der Waals surface area contributed by atoms with Crippen molar-refractivity contribution in [2.75, 3.05) is 19.6 Å². The molecule has 2 aliphatic rings. The van der Waals surface area contributed by atoms with Gasteiger partial charge in [-0.05, 0) is 32.2 Å². The molecule has 2 nitrogen and oxygen atoms in total. The molecule has 0 aromatic carbocycles. The average molecular weight is 252 g/mol. The molecule has 106 valence electrons. The lowest BCUT2D eigenvalue weighted by Gasteiger charge is -2.34. The molecule has 1 N–H and O–H groups in total. The van der Waals surface area contributed by atoms with Gasteiger partial charge in [-0.15, -0.1) is 0 Å². The molecular formula is C16H32N2. The Labute approximate surface area is 114 Å². The molecule has 2 saturated carbocycles. The number of hydrogen-bond acceptors (Lipinski definition) is 2. The van der Waals surface area contributed by atoms with Crippen LogP contribution in [0.4, 0.5) is 0 Å². The Balaban J connectivity index is 1.63. The van der Waals surface area contributed by atoms with Crippen molar-refractivity contribution in [2.45, 2.75) is 83.2 Å². The summed E-state index contributed by atoms with van der Waals surface area (Å²) in [7, 11) is 0. The number of rotatable bonds is 6. The van der Waals surface area contributed by atoms with E-state index in [1.54, 1.807) is 0 Å². The largest absolute Gasteiger partial charge is 0.313 e. The van der Waals surface area contributed by atoms with E-state index in [1.165, 1.54) is 83.8 Å². The summed E-state index contributed by atoms with van der Waals surface area (Å²) in [4.78, 5) is 2.72. The summed E-state index contributed by atoms with van der Waals surface area (Å²) in [5.74, 6) is 0. The number of likely N-dealkylation sites (N-methyl/N-ethyl adjacent to an activating group) is 1. The highest BCUT2D eigenvalue weighted by molar-refractivity contribution is 4.77. The van der Waals surface area contributed by atoms with E-state index >= 15 is 0 Å². The van der Waals surface area contributed by atoms with Gasteiger partial charge in [0.1, 0.15) is 0 Å². The minimum atomic E-state index is 0.823. The van der Waals surface area contributed by atoms with Gasteiger partial charge >= 0.3 is 0 Å². The lowest BCUT2D eigenvalue weighted by Crippen LogP contribution is -2.43. The third-order valence-corrected chi connectivity index (χ3v) is 4.93. The highest BCUT2D eigenvalue weighted by Crippen LogP contribution is 2.22. The van der Waals surface area contributed by atoms with Gasteiger partial charge < -0.3 is 5.32 Å². The van der Waals surface area contributed by atoms with E-state index in [-0.39, 0.29) is 0 Å². The van der Waals surface area contributed by atoms with Gasteiger partial charge in [0.05, 0.1) is 0 Å². The third kappa shape index (κ3) is 4.55. The highest BCUT2D eigenvalue weighted by atomic mass is 15.2. The maximum absolute atomic E-state index is 3.78. The fourth-order valence-corrected chi connectivity index (χ4v) is 3.76. The lowest BCUT2D eigenvalue weighted by atomic mass is 9.94. The van der Waals surface area contributed by atoms with Crippen LogP contribution in [0.1, 0.15) is 71.1 Å². The minimum absolute atomic E-state index is 0.823. The molecule has 2 rings (SSSR count). The van der Waals surface area contributed by atoms with Crippen LogP contribution in [-0.4, -0.2) is 36.6 Å². The Bertz CT molecular complexity index is 205. The maximum atomic E-state index is 3.78. The molecule has 0 bridgehead atoms. The molecular weight excluding hydrogens is 220 g/mol. The van der Waals surface area contributed by atoms with Gasteiger partial charge in [0.2, 0.25) is 0 Å². The topological polar surface area (TPSA) is 15.3 Å². The fraction of sp³-hybridized carbons (Fsp3) is 1.00. The average Bonchev–Trinajstić information content (AvgIpc) is 2.46. The first-order chi connectivity index (χ1) is 8.90. The quantitative estimate of drug-likeness (QED) is 0.777. The monoisotopic (exact) mass is 252 g/mol. The number of nitrogens with one attached hydrogen (secondary N) is 1. The van der Waals surface area contributed by atoms with E-state index in [9.17, 15) is 0 Å². The van der Waals surface area contributed by atoms with Gasteiger partial charge in [-0.3, -0.25) is 4.90 Å². The summed E-state index contributed by atoms with van der Waals surface area (Å²) in [5.41, 5.74) is 0. The molecule has 2 aliphatic carbocycles. The van der Waals surface area contributed by atoms with Crippen molar-refractivity contribution in [3.63, 3.8) is 0 Å². The summed E-state index contributed by atoms with van der Waals surface area (Å²) in [6.07, 6.45) is 14.4. The third-order valence-electron chi connectivity index (χ3n) is 4.93. The van der Waals surface area contributed by atoms with Crippen molar-refractivity contribution in [3.05, 3.63) is 0 Å². The van der Waals surface area contributed by atoms with Crippen LogP contribution in [-0.2, 0) is 0 Å². The molecule has 0 amide bonds. The molecule has 2 heteroatoms. The van der Waals surface area contributed by atoms with Crippen LogP contribution < -0.4 is 5.32 Å². The maximum Gasteiger partial charge on any atom is 0.0110 e. The van der Waals surface area contributed by atoms with Crippen molar-refractivity contribution >= 4 is 0 Å². The second kappa shape index (κ2) is 8.16. The zero-order chi connectivity index (χ0) is 12.6. The fourth-order valence-electron chi connectivity index (χ4n) is 3.76. The molecule has 2 fully saturated rings. The molecule has 0 atom stereocenters. The van der Waals surface area contributed by atoms with Crippen LogP contribution in [0.25, 0.3) is 0 Å². The van der Waals surface area contributed by atoms with Crippen molar-refractivity contribution in [3.8, 4) is 0 Å². The van der Waals surface area contributed by atoms with Crippen molar-refractivity contribution in [2.24, 2.45) is 0 Å². The first-order valence-electron chi connectivity index (χ1n) is 8.37. The molecule has 0 aromatic heterocycles. The molecule has 0 unspecified atom stereocenters. The second-order valence-electron chi connectivity index (χ2n) is 6.21. The SMILES string of the molecule is CCN(CCNC1CCCCC1)C1CCCCC1. The van der Waals surface area contributed by atoms with E-state index in [0.29, 0.717) is 0 Å². The van der Waals surface area contributed by atoms with E-state index in [1.807, 2.05) is 0 Å². The second-order valence-corrected chi connectivity index (χ2v) is 6.21. The molecule has 0 saturated heterocycles. The van der Waals surface area contributed by atoms with Crippen LogP contribution in [0.3, 0.4) is 0 Å². The van der Waals surface area contributed by atoms with Crippen LogP contribution in [0, 0.1) is 0 Å². The summed E-state index contributed by atoms with van der Waals surface area (Å²) >= 11 is 0. The standard InChI is InChI=1S/C16H32N2/c1-2-18(16-11-7-4-8-12-16)14-13-17-15-9-5-3-6-10-15/h15-17H,2-14H2,1H3. The number of hydrogen-bond donors (Lipinski definition) is 1. The van der Waals surface area contributed by atoms with Gasteiger partial charge in [-0.1, -0.05) is 45.4 Å². The van der Waals surface area contributed by atoms with E-state index < -0.39 is 0 Å². The van der Waals surface area contributed by atoms with Crippen LogP contribution in [0.15, 0.2) is 0 Å². The summed E-state index contributed by atoms with van der Waals surface area (Å²) in [5, 5.41) is 3.78. The van der Waals surface area contributed by atoms with Gasteiger partial charge in [-0.2, -0.15) is 0 Å². The summed E-state index contributed by atoms with van der Waals surface area (Å²) in [6, 6.07) is 1.71. The smallest absolute Gasteiger partial charge is 0.0110 e. The molecule has 0 aromatic rings. The number of nitrogens with zero attached hydrogens (tertiary/aromatic N) is 1. The van der Waals surface area contributed by atoms with Crippen LogP contribution in [0.5, 0.6) is 0 Å². The van der Waals surface area contributed by atoms with E-state index in [0.717, 1.165) is 12.1 Å². The predicted octanol–water partition coefficient (Wildman–Crippen LogP) is 3.56. The lowest BCUT2D eigenvalue weighted by molar-refractivity contribution is 0.161. The summed E-state index contributed by atoms with van der Waals surface area (Å²) in [6.45, 7) is 6.03. The Morgan fingerprint density at radius 3 is 2.11 bits per heavy atom. The van der Waals surface area contributed by atoms with Crippen molar-refractivity contribution in [1.29, 1.82) is 0 Å². The molecule has 0 spiro atoms. The van der Waals surface area contributed by atoms with Crippen molar-refractivity contribution < 1.29 is 0 Å². The first-order valence-corrected chi connectivity index (χ1v) is 8.37. The Hall–Kier alpha value is -0.0800. The Kier molecular flexibility index (Phi) is 6.50. The first kappa shape index (κ1) is 14.3. The molecule has 18 heavy (non-hydrogen) atoms. The Morgan fingerprint density at radius 1 is 0.889 bits per heavy atom. The normalized spacial score (nSPS) is 23.7. The van der Waals surface area contributed by atoms with Gasteiger partial charge in [0.15, 0.2) is 0 Å². The zero-order valence-corrected chi connectivity index (χ0v) is 12.3. The summed E-state index contributed by atoms with van der Waals surface area (Å²) < 4.78 is 0. The van der Waals surface area contributed by atoms with Crippen molar-refractivity contribution in [1.82, 2.24) is 10.2 Å².